The molecular weight excluding hydrogens is 348 g/mol. The fraction of sp³-hybridized carbons (Fsp3) is 0.467. The van der Waals surface area contributed by atoms with Crippen molar-refractivity contribution in [3.8, 4) is 0 Å². The molecule has 0 atom stereocenters. The third-order valence-electron chi connectivity index (χ3n) is 3.90. The molecule has 0 aromatic carbocycles. The van der Waals surface area contributed by atoms with E-state index in [0.29, 0.717) is 38.6 Å². The van der Waals surface area contributed by atoms with Crippen LogP contribution in [0, 0.1) is 0 Å². The minimum atomic E-state index is -3.66. The van der Waals surface area contributed by atoms with Crippen molar-refractivity contribution in [1.82, 2.24) is 18.8 Å². The van der Waals surface area contributed by atoms with Crippen LogP contribution < -0.4 is 0 Å². The Morgan fingerprint density at radius 1 is 1.36 bits per heavy atom. The number of amides is 1. The maximum Gasteiger partial charge on any atom is 0.262 e. The molecule has 0 N–H and O–H groups in total. The van der Waals surface area contributed by atoms with Crippen LogP contribution >= 0.6 is 0 Å². The monoisotopic (exact) mass is 368 g/mol. The maximum absolute atomic E-state index is 12.5. The number of nitrogens with zero attached hydrogens (tertiary/aromatic N) is 4. The highest BCUT2D eigenvalue weighted by atomic mass is 32.2. The molecule has 2 aromatic rings. The highest BCUT2D eigenvalue weighted by Crippen LogP contribution is 2.15. The van der Waals surface area contributed by atoms with Gasteiger partial charge in [0.15, 0.2) is 5.03 Å². The topological polar surface area (TPSA) is 97.9 Å². The van der Waals surface area contributed by atoms with Gasteiger partial charge in [-0.1, -0.05) is 0 Å². The van der Waals surface area contributed by atoms with Crippen LogP contribution in [-0.4, -0.2) is 66.4 Å². The Hall–Kier alpha value is -2.17. The lowest BCUT2D eigenvalue weighted by atomic mass is 10.4. The number of carbonyl (C=O) groups excluding carboxylic acids is 1. The first-order chi connectivity index (χ1) is 12.0. The summed E-state index contributed by atoms with van der Waals surface area (Å²) in [6, 6.07) is 3.54. The number of hydrogen-bond acceptors (Lipinski definition) is 6. The summed E-state index contributed by atoms with van der Waals surface area (Å²) < 4.78 is 38.2. The van der Waals surface area contributed by atoms with E-state index in [4.69, 9.17) is 9.15 Å². The van der Waals surface area contributed by atoms with E-state index in [1.165, 1.54) is 26.3 Å². The normalized spacial score (nSPS) is 16.0. The standard InChI is InChI=1S/C15H20N4O5S/c1-17(9-13-3-2-6-24-13)15(20)11-18-10-14(16-12-18)25(21,22)19-4-7-23-8-5-19/h2-3,6,10,12H,4-5,7-9,11H2,1H3. The van der Waals surface area contributed by atoms with Crippen molar-refractivity contribution in [2.24, 2.45) is 0 Å². The van der Waals surface area contributed by atoms with Crippen molar-refractivity contribution in [3.05, 3.63) is 36.7 Å². The van der Waals surface area contributed by atoms with E-state index in [2.05, 4.69) is 4.98 Å². The fourth-order valence-corrected chi connectivity index (χ4v) is 3.82. The number of morpholine rings is 1. The molecule has 0 spiro atoms. The molecule has 0 unspecified atom stereocenters. The van der Waals surface area contributed by atoms with Gasteiger partial charge in [0.05, 0.1) is 32.3 Å². The molecule has 9 nitrogen and oxygen atoms in total. The Balaban J connectivity index is 1.63. The number of rotatable bonds is 6. The largest absolute Gasteiger partial charge is 0.467 e. The number of sulfonamides is 1. The molecule has 2 aromatic heterocycles. The maximum atomic E-state index is 12.5. The van der Waals surface area contributed by atoms with Gasteiger partial charge in [-0.2, -0.15) is 4.31 Å². The fourth-order valence-electron chi connectivity index (χ4n) is 2.48. The van der Waals surface area contributed by atoms with Crippen molar-refractivity contribution in [2.75, 3.05) is 33.4 Å². The third kappa shape index (κ3) is 4.09. The van der Waals surface area contributed by atoms with Gasteiger partial charge >= 0.3 is 0 Å². The van der Waals surface area contributed by atoms with Gasteiger partial charge < -0.3 is 18.6 Å². The molecule has 0 aliphatic carbocycles. The van der Waals surface area contributed by atoms with E-state index in [9.17, 15) is 13.2 Å². The summed E-state index contributed by atoms with van der Waals surface area (Å²) >= 11 is 0. The average molecular weight is 368 g/mol. The number of carbonyl (C=O) groups is 1. The Labute approximate surface area is 145 Å². The van der Waals surface area contributed by atoms with Gasteiger partial charge in [-0.25, -0.2) is 13.4 Å². The molecule has 3 rings (SSSR count). The highest BCUT2D eigenvalue weighted by Gasteiger charge is 2.28. The summed E-state index contributed by atoms with van der Waals surface area (Å²) in [4.78, 5) is 17.7. The quantitative estimate of drug-likeness (QED) is 0.720. The van der Waals surface area contributed by atoms with Crippen LogP contribution in [0.4, 0.5) is 0 Å². The minimum Gasteiger partial charge on any atom is -0.467 e. The summed E-state index contributed by atoms with van der Waals surface area (Å²) in [5.41, 5.74) is 0. The van der Waals surface area contributed by atoms with Crippen LogP contribution in [0.3, 0.4) is 0 Å². The molecule has 0 bridgehead atoms. The van der Waals surface area contributed by atoms with E-state index < -0.39 is 10.0 Å². The lowest BCUT2D eigenvalue weighted by Crippen LogP contribution is -2.40. The van der Waals surface area contributed by atoms with E-state index >= 15 is 0 Å². The number of imidazole rings is 1. The smallest absolute Gasteiger partial charge is 0.262 e. The SMILES string of the molecule is CN(Cc1ccco1)C(=O)Cn1cnc(S(=O)(=O)N2CCOCC2)c1. The number of aromatic nitrogens is 2. The van der Waals surface area contributed by atoms with E-state index in [1.54, 1.807) is 25.4 Å². The third-order valence-corrected chi connectivity index (χ3v) is 5.68. The Kier molecular flexibility index (Phi) is 5.21. The molecule has 1 amide bonds. The first-order valence-electron chi connectivity index (χ1n) is 7.83. The molecule has 1 aliphatic heterocycles. The van der Waals surface area contributed by atoms with Crippen molar-refractivity contribution < 1.29 is 22.4 Å². The lowest BCUT2D eigenvalue weighted by Gasteiger charge is -2.24. The number of hydrogen-bond donors (Lipinski definition) is 0. The molecule has 3 heterocycles. The first-order valence-corrected chi connectivity index (χ1v) is 9.27. The Bertz CT molecular complexity index is 809. The number of ether oxygens (including phenoxy) is 1. The number of likely N-dealkylation sites (N-methyl/N-ethyl adjacent to an activating group) is 1. The lowest BCUT2D eigenvalue weighted by molar-refractivity contribution is -0.131. The van der Waals surface area contributed by atoms with Crippen molar-refractivity contribution in [1.29, 1.82) is 0 Å². The second kappa shape index (κ2) is 7.38. The highest BCUT2D eigenvalue weighted by molar-refractivity contribution is 7.89. The summed E-state index contributed by atoms with van der Waals surface area (Å²) in [6.45, 7) is 1.70. The summed E-state index contributed by atoms with van der Waals surface area (Å²) in [5, 5.41) is -0.0594. The van der Waals surface area contributed by atoms with Crippen molar-refractivity contribution in [3.63, 3.8) is 0 Å². The van der Waals surface area contributed by atoms with E-state index in [1.807, 2.05) is 0 Å². The zero-order chi connectivity index (χ0) is 17.9. The molecular formula is C15H20N4O5S. The van der Waals surface area contributed by atoms with Crippen molar-refractivity contribution in [2.45, 2.75) is 18.1 Å². The van der Waals surface area contributed by atoms with Gasteiger partial charge in [0.2, 0.25) is 5.91 Å². The molecule has 0 radical (unpaired) electrons. The molecule has 0 saturated carbocycles. The van der Waals surface area contributed by atoms with Crippen LogP contribution in [0.25, 0.3) is 0 Å². The van der Waals surface area contributed by atoms with Gasteiger partial charge in [-0.05, 0) is 12.1 Å². The molecule has 1 aliphatic rings. The summed E-state index contributed by atoms with van der Waals surface area (Å²) in [5.74, 6) is 0.501. The molecule has 1 saturated heterocycles. The van der Waals surface area contributed by atoms with Gasteiger partial charge in [0.1, 0.15) is 12.3 Å². The predicted molar refractivity (Wildman–Crippen MR) is 87.0 cm³/mol. The van der Waals surface area contributed by atoms with Crippen LogP contribution in [0.1, 0.15) is 5.76 Å². The zero-order valence-corrected chi connectivity index (χ0v) is 14.7. The van der Waals surface area contributed by atoms with Gasteiger partial charge in [-0.15, -0.1) is 0 Å². The Morgan fingerprint density at radius 2 is 2.12 bits per heavy atom. The molecule has 136 valence electrons. The van der Waals surface area contributed by atoms with Crippen LogP contribution in [0.15, 0.2) is 40.4 Å². The molecule has 1 fully saturated rings. The van der Waals surface area contributed by atoms with Crippen molar-refractivity contribution >= 4 is 15.9 Å². The molecule has 10 heteroatoms. The second-order valence-electron chi connectivity index (χ2n) is 5.73. The summed E-state index contributed by atoms with van der Waals surface area (Å²) in [6.07, 6.45) is 4.28. The van der Waals surface area contributed by atoms with Gasteiger partial charge in [-0.3, -0.25) is 4.79 Å². The zero-order valence-electron chi connectivity index (χ0n) is 13.9. The van der Waals surface area contributed by atoms with Gasteiger partial charge in [0, 0.05) is 26.3 Å². The molecule has 25 heavy (non-hydrogen) atoms. The van der Waals surface area contributed by atoms with E-state index in [0.717, 1.165) is 0 Å². The predicted octanol–water partition coefficient (Wildman–Crippen LogP) is 0.156. The summed E-state index contributed by atoms with van der Waals surface area (Å²) in [7, 11) is -2.00. The first kappa shape index (κ1) is 17.6. The van der Waals surface area contributed by atoms with Crippen LogP contribution in [0.5, 0.6) is 0 Å². The number of furan rings is 1. The minimum absolute atomic E-state index is 0.00282. The average Bonchev–Trinajstić information content (AvgIpc) is 3.27. The second-order valence-corrected chi connectivity index (χ2v) is 7.61. The van der Waals surface area contributed by atoms with E-state index in [-0.39, 0.29) is 17.5 Å². The van der Waals surface area contributed by atoms with Gasteiger partial charge in [0.25, 0.3) is 10.0 Å². The van der Waals surface area contributed by atoms with Crippen LogP contribution in [0.2, 0.25) is 0 Å². The Morgan fingerprint density at radius 3 is 2.80 bits per heavy atom. The van der Waals surface area contributed by atoms with Crippen LogP contribution in [-0.2, 0) is 32.6 Å².